The van der Waals surface area contributed by atoms with E-state index in [4.69, 9.17) is 5.73 Å². The van der Waals surface area contributed by atoms with Crippen LogP contribution in [0.1, 0.15) is 11.1 Å². The van der Waals surface area contributed by atoms with Crippen LogP contribution in [0.25, 0.3) is 27.5 Å². The van der Waals surface area contributed by atoms with E-state index in [0.717, 1.165) is 11.4 Å². The molecule has 0 saturated carbocycles. The first-order valence-electron chi connectivity index (χ1n) is 7.51. The maximum atomic E-state index is 5.84. The molecule has 23 heavy (non-hydrogen) atoms. The number of aryl methyl sites for hydroxylation is 2. The van der Waals surface area contributed by atoms with E-state index in [2.05, 4.69) is 66.9 Å². The van der Waals surface area contributed by atoms with Gasteiger partial charge in [-0.05, 0) is 62.4 Å². The molecule has 0 aliphatic carbocycles. The third-order valence-corrected chi connectivity index (χ3v) is 4.23. The first kappa shape index (κ1) is 15.7. The predicted molar refractivity (Wildman–Crippen MR) is 100 cm³/mol. The van der Waals surface area contributed by atoms with Gasteiger partial charge in [-0.25, -0.2) is 0 Å². The number of fused-ring (bicyclic) bond motifs is 3. The van der Waals surface area contributed by atoms with Crippen molar-refractivity contribution in [3.63, 3.8) is 0 Å². The van der Waals surface area contributed by atoms with Gasteiger partial charge >= 0.3 is 17.4 Å². The number of nitrogen functional groups attached to an aromatic ring is 1. The summed E-state index contributed by atoms with van der Waals surface area (Å²) in [7, 11) is 0. The van der Waals surface area contributed by atoms with Gasteiger partial charge in [-0.2, -0.15) is 0 Å². The molecule has 0 bridgehead atoms. The predicted octanol–water partition coefficient (Wildman–Crippen LogP) is 4.60. The van der Waals surface area contributed by atoms with Crippen LogP contribution < -0.4 is 5.73 Å². The quantitative estimate of drug-likeness (QED) is 0.404. The van der Waals surface area contributed by atoms with Crippen LogP contribution in [0.2, 0.25) is 0 Å². The van der Waals surface area contributed by atoms with Crippen molar-refractivity contribution in [1.29, 1.82) is 0 Å². The monoisotopic (exact) mass is 313 g/mol. The van der Waals surface area contributed by atoms with Crippen molar-refractivity contribution in [3.05, 3.63) is 71.8 Å². The number of nitrogens with two attached hydrogens (primary N) is 1. The molecule has 0 saturated heterocycles. The van der Waals surface area contributed by atoms with Gasteiger partial charge in [0.25, 0.3) is 0 Å². The van der Waals surface area contributed by atoms with Crippen molar-refractivity contribution in [2.45, 2.75) is 13.8 Å². The van der Waals surface area contributed by atoms with Gasteiger partial charge in [-0.15, -0.1) is 0 Å². The molecule has 0 fully saturated rings. The van der Waals surface area contributed by atoms with Gasteiger partial charge in [0.05, 0.1) is 11.0 Å². The average molecular weight is 313 g/mol. The topological polar surface area (TPSA) is 30.9 Å². The molecule has 4 rings (SSSR count). The molecule has 3 heteroatoms. The number of rotatable bonds is 1. The van der Waals surface area contributed by atoms with Crippen LogP contribution >= 0.6 is 0 Å². The second kappa shape index (κ2) is 5.77. The molecule has 1 aromatic heterocycles. The molecule has 0 spiro atoms. The van der Waals surface area contributed by atoms with E-state index < -0.39 is 0 Å². The Balaban J connectivity index is 0.00000156. The molecule has 2 N–H and O–H groups in total. The molecular formula is C20H18AlN2+2. The van der Waals surface area contributed by atoms with Gasteiger partial charge in [0.2, 0.25) is 0 Å². The number of hydrogen-bond donors (Lipinski definition) is 1. The molecule has 3 aromatic carbocycles. The molecule has 4 aromatic rings. The number of hydrogen-bond acceptors (Lipinski definition) is 1. The Morgan fingerprint density at radius 2 is 1.17 bits per heavy atom. The zero-order valence-corrected chi connectivity index (χ0v) is 14.5. The number of anilines is 1. The second-order valence-corrected chi connectivity index (χ2v) is 5.97. The fourth-order valence-electron chi connectivity index (χ4n) is 3.15. The molecule has 2 nitrogen and oxygen atoms in total. The van der Waals surface area contributed by atoms with Gasteiger partial charge in [0.1, 0.15) is 0 Å². The Morgan fingerprint density at radius 3 is 1.65 bits per heavy atom. The SMILES string of the molecule is Cc1ccc2c(c1)c1cc(C)ccc1n2-c1ccc(N)cc1.[Al+2]. The van der Waals surface area contributed by atoms with Crippen LogP contribution in [0, 0.1) is 13.8 Å². The number of nitrogens with zero attached hydrogens (tertiary/aromatic N) is 1. The maximum Gasteiger partial charge on any atom is 2.00 e. The minimum Gasteiger partial charge on any atom is -0.399 e. The fourth-order valence-corrected chi connectivity index (χ4v) is 3.15. The van der Waals surface area contributed by atoms with Crippen LogP contribution in [0.3, 0.4) is 0 Å². The average Bonchev–Trinajstić information content (AvgIpc) is 2.81. The largest absolute Gasteiger partial charge is 2.00 e. The van der Waals surface area contributed by atoms with E-state index in [1.54, 1.807) is 0 Å². The Kier molecular flexibility index (Phi) is 3.94. The minimum atomic E-state index is 0. The smallest absolute Gasteiger partial charge is 0.399 e. The van der Waals surface area contributed by atoms with Crippen molar-refractivity contribution < 1.29 is 0 Å². The summed E-state index contributed by atoms with van der Waals surface area (Å²) < 4.78 is 2.31. The van der Waals surface area contributed by atoms with Crippen LogP contribution in [0.4, 0.5) is 5.69 Å². The third-order valence-electron chi connectivity index (χ3n) is 4.23. The third kappa shape index (κ3) is 2.53. The molecule has 0 unspecified atom stereocenters. The summed E-state index contributed by atoms with van der Waals surface area (Å²) in [5.41, 5.74) is 12.8. The summed E-state index contributed by atoms with van der Waals surface area (Å²) in [5, 5.41) is 2.60. The van der Waals surface area contributed by atoms with Crippen LogP contribution in [-0.2, 0) is 0 Å². The van der Waals surface area contributed by atoms with Gasteiger partial charge in [-0.3, -0.25) is 0 Å². The fraction of sp³-hybridized carbons (Fsp3) is 0.100. The normalized spacial score (nSPS) is 10.9. The van der Waals surface area contributed by atoms with Crippen LogP contribution in [0.5, 0.6) is 0 Å². The summed E-state index contributed by atoms with van der Waals surface area (Å²) in [5.74, 6) is 0. The Hall–Kier alpha value is -2.21. The van der Waals surface area contributed by atoms with Gasteiger partial charge in [-0.1, -0.05) is 23.3 Å². The Labute approximate surface area is 146 Å². The summed E-state index contributed by atoms with van der Waals surface area (Å²) in [6, 6.07) is 21.3. The molecular weight excluding hydrogens is 295 g/mol. The molecule has 1 radical (unpaired) electrons. The molecule has 0 aliphatic rings. The van der Waals surface area contributed by atoms with E-state index in [1.807, 2.05) is 12.1 Å². The van der Waals surface area contributed by atoms with Crippen molar-refractivity contribution >= 4 is 44.9 Å². The Morgan fingerprint density at radius 1 is 0.696 bits per heavy atom. The van der Waals surface area contributed by atoms with Crippen molar-refractivity contribution in [1.82, 2.24) is 4.57 Å². The van der Waals surface area contributed by atoms with Gasteiger partial charge in [0, 0.05) is 22.1 Å². The second-order valence-electron chi connectivity index (χ2n) is 5.97. The van der Waals surface area contributed by atoms with E-state index in [-0.39, 0.29) is 17.4 Å². The first-order valence-corrected chi connectivity index (χ1v) is 7.51. The van der Waals surface area contributed by atoms with Crippen LogP contribution in [-0.4, -0.2) is 21.9 Å². The standard InChI is InChI=1S/C20H18N2.Al/c1-13-3-9-19-17(11-13)18-12-14(2)4-10-20(18)22(19)16-7-5-15(21)6-8-16;/h3-12H,21H2,1-2H3;/q;+2. The summed E-state index contributed by atoms with van der Waals surface area (Å²) in [6.07, 6.45) is 0. The minimum absolute atomic E-state index is 0. The summed E-state index contributed by atoms with van der Waals surface area (Å²) in [4.78, 5) is 0. The summed E-state index contributed by atoms with van der Waals surface area (Å²) >= 11 is 0. The van der Waals surface area contributed by atoms with Crippen molar-refractivity contribution in [2.75, 3.05) is 5.73 Å². The van der Waals surface area contributed by atoms with Gasteiger partial charge < -0.3 is 10.3 Å². The number of aromatic nitrogens is 1. The summed E-state index contributed by atoms with van der Waals surface area (Å²) in [6.45, 7) is 4.28. The molecule has 0 amide bonds. The zero-order valence-electron chi connectivity index (χ0n) is 13.4. The molecule has 1 heterocycles. The maximum absolute atomic E-state index is 5.84. The van der Waals surface area contributed by atoms with Crippen molar-refractivity contribution in [2.24, 2.45) is 0 Å². The first-order chi connectivity index (χ1) is 10.6. The van der Waals surface area contributed by atoms with Crippen molar-refractivity contribution in [3.8, 4) is 5.69 Å². The number of benzene rings is 3. The van der Waals surface area contributed by atoms with Crippen LogP contribution in [0.15, 0.2) is 60.7 Å². The molecule has 109 valence electrons. The molecule has 0 atom stereocenters. The van der Waals surface area contributed by atoms with E-state index in [0.29, 0.717) is 0 Å². The van der Waals surface area contributed by atoms with E-state index in [9.17, 15) is 0 Å². The van der Waals surface area contributed by atoms with Gasteiger partial charge in [0.15, 0.2) is 0 Å². The zero-order chi connectivity index (χ0) is 15.3. The van der Waals surface area contributed by atoms with E-state index >= 15 is 0 Å². The Bertz CT molecular complexity index is 938. The van der Waals surface area contributed by atoms with E-state index in [1.165, 1.54) is 32.9 Å². The molecule has 0 aliphatic heterocycles.